The van der Waals surface area contributed by atoms with Gasteiger partial charge in [0.2, 0.25) is 5.89 Å². The van der Waals surface area contributed by atoms with Crippen molar-refractivity contribution in [1.29, 1.82) is 0 Å². The van der Waals surface area contributed by atoms with Crippen molar-refractivity contribution in [2.75, 3.05) is 13.1 Å². The first-order valence-corrected chi connectivity index (χ1v) is 8.21. The lowest BCUT2D eigenvalue weighted by Crippen LogP contribution is -2.35. The molecule has 1 aliphatic rings. The number of piperidine rings is 1. The van der Waals surface area contributed by atoms with Crippen LogP contribution in [0, 0.1) is 5.92 Å². The highest BCUT2D eigenvalue weighted by Gasteiger charge is 2.26. The summed E-state index contributed by atoms with van der Waals surface area (Å²) in [6.45, 7) is 2.74. The molecule has 1 atom stereocenters. The molecular weight excluding hydrogens is 316 g/mol. The molecule has 1 fully saturated rings. The Morgan fingerprint density at radius 3 is 2.61 bits per heavy atom. The predicted octanol–water partition coefficient (Wildman–Crippen LogP) is 2.13. The van der Waals surface area contributed by atoms with Crippen molar-refractivity contribution in [3.8, 4) is 0 Å². The number of hydrogen-bond donors (Lipinski definition) is 2. The Balaban J connectivity index is 1.52. The zero-order chi connectivity index (χ0) is 16.2. The molecule has 7 heteroatoms. The van der Waals surface area contributed by atoms with Crippen LogP contribution in [0.3, 0.4) is 0 Å². The number of likely N-dealkylation sites (tertiary alicyclic amines) is 1. The fourth-order valence-corrected chi connectivity index (χ4v) is 3.12. The molecule has 2 aromatic rings. The van der Waals surface area contributed by atoms with Crippen LogP contribution in [0.2, 0.25) is 5.02 Å². The molecule has 0 spiro atoms. The van der Waals surface area contributed by atoms with Crippen molar-refractivity contribution in [1.82, 2.24) is 15.0 Å². The normalized spacial score (nSPS) is 18.2. The Bertz CT molecular complexity index is 623. The maximum absolute atomic E-state index is 10.5. The fraction of sp³-hybridized carbons (Fsp3) is 0.500. The van der Waals surface area contributed by atoms with E-state index in [1.807, 2.05) is 24.3 Å². The molecule has 1 unspecified atom stereocenters. The van der Waals surface area contributed by atoms with Crippen LogP contribution in [0.15, 0.2) is 28.8 Å². The third kappa shape index (κ3) is 4.09. The van der Waals surface area contributed by atoms with Gasteiger partial charge in [0.1, 0.15) is 0 Å². The molecule has 3 rings (SSSR count). The van der Waals surface area contributed by atoms with Gasteiger partial charge in [-0.2, -0.15) is 4.98 Å². The molecule has 1 saturated heterocycles. The highest BCUT2D eigenvalue weighted by molar-refractivity contribution is 6.30. The van der Waals surface area contributed by atoms with Crippen molar-refractivity contribution in [2.45, 2.75) is 32.0 Å². The summed E-state index contributed by atoms with van der Waals surface area (Å²) in [6.07, 6.45) is 1.43. The summed E-state index contributed by atoms with van der Waals surface area (Å²) in [6, 6.07) is 7.43. The zero-order valence-electron chi connectivity index (χ0n) is 12.9. The number of halogens is 1. The summed E-state index contributed by atoms with van der Waals surface area (Å²) >= 11 is 5.89. The quantitative estimate of drug-likeness (QED) is 0.869. The van der Waals surface area contributed by atoms with E-state index in [1.165, 1.54) is 0 Å². The first kappa shape index (κ1) is 16.4. The van der Waals surface area contributed by atoms with Crippen molar-refractivity contribution in [3.63, 3.8) is 0 Å². The molecule has 1 aromatic heterocycles. The highest BCUT2D eigenvalue weighted by Crippen LogP contribution is 2.31. The van der Waals surface area contributed by atoms with Crippen LogP contribution in [0.25, 0.3) is 0 Å². The van der Waals surface area contributed by atoms with E-state index in [-0.39, 0.29) is 12.5 Å². The van der Waals surface area contributed by atoms with Gasteiger partial charge in [0.05, 0.1) is 19.2 Å². The third-order valence-corrected chi connectivity index (χ3v) is 4.59. The lowest BCUT2D eigenvalue weighted by atomic mass is 9.87. The van der Waals surface area contributed by atoms with Crippen molar-refractivity contribution >= 4 is 11.6 Å². The van der Waals surface area contributed by atoms with Gasteiger partial charge in [-0.05, 0) is 49.5 Å². The summed E-state index contributed by atoms with van der Waals surface area (Å²) < 4.78 is 5.02. The number of nitrogens with zero attached hydrogens (tertiary/aromatic N) is 3. The molecule has 1 aliphatic heterocycles. The van der Waals surface area contributed by atoms with Gasteiger partial charge in [-0.25, -0.2) is 0 Å². The second kappa shape index (κ2) is 7.40. The Kier molecular flexibility index (Phi) is 5.27. The van der Waals surface area contributed by atoms with Crippen molar-refractivity contribution in [2.24, 2.45) is 11.7 Å². The van der Waals surface area contributed by atoms with Gasteiger partial charge in [-0.15, -0.1) is 0 Å². The van der Waals surface area contributed by atoms with Crippen LogP contribution in [-0.2, 0) is 13.1 Å². The largest absolute Gasteiger partial charge is 0.388 e. The number of benzene rings is 1. The van der Waals surface area contributed by atoms with E-state index >= 15 is 0 Å². The van der Waals surface area contributed by atoms with Gasteiger partial charge in [0.15, 0.2) is 5.82 Å². The maximum Gasteiger partial charge on any atom is 0.240 e. The topological polar surface area (TPSA) is 88.4 Å². The monoisotopic (exact) mass is 336 g/mol. The van der Waals surface area contributed by atoms with Gasteiger partial charge in [0.25, 0.3) is 0 Å². The minimum absolute atomic E-state index is 0.261. The van der Waals surface area contributed by atoms with Crippen LogP contribution in [0.4, 0.5) is 0 Å². The van der Waals surface area contributed by atoms with E-state index in [1.54, 1.807) is 0 Å². The second-order valence-electron chi connectivity index (χ2n) is 5.92. The molecule has 3 N–H and O–H groups in total. The van der Waals surface area contributed by atoms with Gasteiger partial charge in [-0.3, -0.25) is 4.90 Å². The van der Waals surface area contributed by atoms with Gasteiger partial charge < -0.3 is 15.4 Å². The van der Waals surface area contributed by atoms with E-state index in [2.05, 4.69) is 15.0 Å². The minimum Gasteiger partial charge on any atom is -0.388 e. The Morgan fingerprint density at radius 2 is 2.00 bits per heavy atom. The number of hydrogen-bond acceptors (Lipinski definition) is 6. The van der Waals surface area contributed by atoms with E-state index in [0.717, 1.165) is 31.5 Å². The molecule has 124 valence electrons. The number of aliphatic hydroxyl groups is 1. The van der Waals surface area contributed by atoms with Crippen molar-refractivity contribution in [3.05, 3.63) is 46.6 Å². The maximum atomic E-state index is 10.5. The molecule has 23 heavy (non-hydrogen) atoms. The summed E-state index contributed by atoms with van der Waals surface area (Å²) in [7, 11) is 0. The van der Waals surface area contributed by atoms with E-state index in [9.17, 15) is 5.11 Å². The number of rotatable bonds is 5. The lowest BCUT2D eigenvalue weighted by molar-refractivity contribution is 0.0558. The minimum atomic E-state index is -0.441. The van der Waals surface area contributed by atoms with Crippen LogP contribution in [0.1, 0.15) is 36.2 Å². The van der Waals surface area contributed by atoms with Crippen LogP contribution < -0.4 is 5.73 Å². The molecule has 6 nitrogen and oxygen atoms in total. The summed E-state index contributed by atoms with van der Waals surface area (Å²) in [4.78, 5) is 6.50. The smallest absolute Gasteiger partial charge is 0.240 e. The first-order valence-electron chi connectivity index (χ1n) is 7.83. The molecular formula is C16H21ClN4O2. The van der Waals surface area contributed by atoms with Crippen molar-refractivity contribution < 1.29 is 9.63 Å². The third-order valence-electron chi connectivity index (χ3n) is 4.34. The highest BCUT2D eigenvalue weighted by atomic mass is 35.5. The van der Waals surface area contributed by atoms with E-state index in [4.69, 9.17) is 21.9 Å². The standard InChI is InChI=1S/C16H21ClN4O2/c17-13-3-1-11(2-4-13)16(22)12-5-7-21(8-6-12)10-14-19-15(9-18)23-20-14/h1-4,12,16,22H,5-10,18H2. The Hall–Kier alpha value is -1.47. The first-order chi connectivity index (χ1) is 11.2. The summed E-state index contributed by atoms with van der Waals surface area (Å²) in [5, 5.41) is 15.1. The molecule has 0 amide bonds. The van der Waals surface area contributed by atoms with Gasteiger partial charge in [0, 0.05) is 5.02 Å². The zero-order valence-corrected chi connectivity index (χ0v) is 13.6. The average Bonchev–Trinajstić information content (AvgIpc) is 3.03. The van der Waals surface area contributed by atoms with Crippen LogP contribution >= 0.6 is 11.6 Å². The van der Waals surface area contributed by atoms with E-state index < -0.39 is 6.10 Å². The summed E-state index contributed by atoms with van der Waals surface area (Å²) in [5.41, 5.74) is 6.40. The van der Waals surface area contributed by atoms with E-state index in [0.29, 0.717) is 23.3 Å². The SMILES string of the molecule is NCc1nc(CN2CCC(C(O)c3ccc(Cl)cc3)CC2)no1. The second-order valence-corrected chi connectivity index (χ2v) is 6.35. The lowest BCUT2D eigenvalue weighted by Gasteiger charge is -2.33. The Labute approximate surface area is 140 Å². The molecule has 0 bridgehead atoms. The van der Waals surface area contributed by atoms with Gasteiger partial charge in [-0.1, -0.05) is 28.9 Å². The molecule has 0 aliphatic carbocycles. The average molecular weight is 337 g/mol. The summed E-state index contributed by atoms with van der Waals surface area (Å²) in [5.74, 6) is 1.40. The number of aliphatic hydroxyl groups excluding tert-OH is 1. The number of aromatic nitrogens is 2. The molecule has 0 radical (unpaired) electrons. The fourth-order valence-electron chi connectivity index (χ4n) is 3.00. The van der Waals surface area contributed by atoms with Crippen LogP contribution in [0.5, 0.6) is 0 Å². The molecule has 0 saturated carbocycles. The van der Waals surface area contributed by atoms with Gasteiger partial charge >= 0.3 is 0 Å². The number of nitrogens with two attached hydrogens (primary N) is 1. The molecule has 2 heterocycles. The molecule has 1 aromatic carbocycles. The predicted molar refractivity (Wildman–Crippen MR) is 86.6 cm³/mol. The Morgan fingerprint density at radius 1 is 1.30 bits per heavy atom. The van der Waals surface area contributed by atoms with Crippen LogP contribution in [-0.4, -0.2) is 33.2 Å².